The standard InChI is InChI=1S/C23H22F5N3O3/c1-13-19(21(32)30-14-7-10-31(2)11-8-14)16-12-15(5-6-18(16)33-13)34-23(27,28)17-4-3-9-29-20(17)22(24,25)26/h3-6,9,12,14H,7-8,10-11H2,1-2H3,(H,30,32). The maximum absolute atomic E-state index is 14.8. The summed E-state index contributed by atoms with van der Waals surface area (Å²) in [6.45, 7) is 3.23. The second-order valence-electron chi connectivity index (χ2n) is 8.26. The van der Waals surface area contributed by atoms with E-state index in [1.54, 1.807) is 6.92 Å². The summed E-state index contributed by atoms with van der Waals surface area (Å²) in [7, 11) is 1.99. The Morgan fingerprint density at radius 3 is 2.56 bits per heavy atom. The van der Waals surface area contributed by atoms with Gasteiger partial charge in [-0.05, 0) is 70.2 Å². The molecule has 1 aromatic carbocycles. The number of amides is 1. The van der Waals surface area contributed by atoms with Crippen molar-refractivity contribution in [2.75, 3.05) is 20.1 Å². The molecule has 1 fully saturated rings. The molecule has 1 aliphatic heterocycles. The second kappa shape index (κ2) is 8.86. The number of carbonyl (C=O) groups excluding carboxylic acids is 1. The quantitative estimate of drug-likeness (QED) is 0.511. The van der Waals surface area contributed by atoms with Crippen molar-refractivity contribution < 1.29 is 35.9 Å². The fourth-order valence-electron chi connectivity index (χ4n) is 4.02. The molecule has 182 valence electrons. The van der Waals surface area contributed by atoms with Crippen LogP contribution in [-0.4, -0.2) is 42.0 Å². The van der Waals surface area contributed by atoms with Crippen LogP contribution in [0.4, 0.5) is 22.0 Å². The first-order chi connectivity index (χ1) is 16.0. The minimum atomic E-state index is -5.09. The van der Waals surface area contributed by atoms with Gasteiger partial charge in [0.2, 0.25) is 0 Å². The van der Waals surface area contributed by atoms with E-state index in [-0.39, 0.29) is 28.3 Å². The van der Waals surface area contributed by atoms with Crippen LogP contribution in [0.25, 0.3) is 11.0 Å². The van der Waals surface area contributed by atoms with Gasteiger partial charge in [-0.2, -0.15) is 22.0 Å². The number of hydrogen-bond donors (Lipinski definition) is 1. The lowest BCUT2D eigenvalue weighted by Crippen LogP contribution is -2.43. The van der Waals surface area contributed by atoms with Crippen LogP contribution < -0.4 is 10.1 Å². The molecule has 6 nitrogen and oxygen atoms in total. The van der Waals surface area contributed by atoms with Crippen LogP contribution in [0.15, 0.2) is 40.9 Å². The van der Waals surface area contributed by atoms with E-state index >= 15 is 0 Å². The Kier molecular flexibility index (Phi) is 6.24. The van der Waals surface area contributed by atoms with E-state index < -0.39 is 35.2 Å². The number of piperidine rings is 1. The molecule has 0 saturated carbocycles. The molecule has 1 amide bonds. The van der Waals surface area contributed by atoms with Gasteiger partial charge in [-0.25, -0.2) is 0 Å². The summed E-state index contributed by atoms with van der Waals surface area (Å²) in [4.78, 5) is 18.2. The molecule has 1 N–H and O–H groups in total. The van der Waals surface area contributed by atoms with E-state index in [0.29, 0.717) is 6.07 Å². The molecule has 1 aliphatic rings. The molecule has 4 rings (SSSR count). The van der Waals surface area contributed by atoms with Crippen molar-refractivity contribution in [3.8, 4) is 5.75 Å². The lowest BCUT2D eigenvalue weighted by molar-refractivity contribution is -0.196. The maximum Gasteiger partial charge on any atom is 0.433 e. The molecular weight excluding hydrogens is 461 g/mol. The zero-order valence-corrected chi connectivity index (χ0v) is 18.4. The number of aryl methyl sites for hydroxylation is 1. The highest BCUT2D eigenvalue weighted by Crippen LogP contribution is 2.40. The van der Waals surface area contributed by atoms with Gasteiger partial charge in [0.05, 0.1) is 11.1 Å². The van der Waals surface area contributed by atoms with Crippen molar-refractivity contribution >= 4 is 16.9 Å². The number of carbonyl (C=O) groups is 1. The van der Waals surface area contributed by atoms with Crippen LogP contribution in [0.5, 0.6) is 5.75 Å². The summed E-state index contributed by atoms with van der Waals surface area (Å²) in [5.41, 5.74) is -2.72. The van der Waals surface area contributed by atoms with Crippen LogP contribution in [0.3, 0.4) is 0 Å². The fraction of sp³-hybridized carbons (Fsp3) is 0.391. The number of fused-ring (bicyclic) bond motifs is 1. The Bertz CT molecular complexity index is 1200. The van der Waals surface area contributed by atoms with Crippen LogP contribution in [-0.2, 0) is 12.3 Å². The molecular formula is C23H22F5N3O3. The lowest BCUT2D eigenvalue weighted by atomic mass is 10.0. The van der Waals surface area contributed by atoms with Crippen molar-refractivity contribution in [3.63, 3.8) is 0 Å². The number of furan rings is 1. The number of aromatic nitrogens is 1. The molecule has 0 aliphatic carbocycles. The van der Waals surface area contributed by atoms with Crippen molar-refractivity contribution in [3.05, 3.63) is 59.1 Å². The molecule has 0 radical (unpaired) electrons. The lowest BCUT2D eigenvalue weighted by Gasteiger charge is -2.29. The number of nitrogens with zero attached hydrogens (tertiary/aromatic N) is 2. The van der Waals surface area contributed by atoms with E-state index in [0.717, 1.165) is 50.3 Å². The number of halogens is 5. The molecule has 1 saturated heterocycles. The van der Waals surface area contributed by atoms with Gasteiger partial charge in [0.1, 0.15) is 17.1 Å². The van der Waals surface area contributed by atoms with Gasteiger partial charge in [-0.15, -0.1) is 0 Å². The summed E-state index contributed by atoms with van der Waals surface area (Å²) in [6, 6.07) is 5.16. The summed E-state index contributed by atoms with van der Waals surface area (Å²) < 4.78 is 79.3. The first-order valence-electron chi connectivity index (χ1n) is 10.6. The minimum Gasteiger partial charge on any atom is -0.461 e. The summed E-state index contributed by atoms with van der Waals surface area (Å²) in [6.07, 6.45) is -7.11. The first-order valence-corrected chi connectivity index (χ1v) is 10.6. The topological polar surface area (TPSA) is 67.6 Å². The molecule has 0 spiro atoms. The van der Waals surface area contributed by atoms with Crippen LogP contribution in [0.1, 0.15) is 40.2 Å². The van der Waals surface area contributed by atoms with Gasteiger partial charge in [0, 0.05) is 17.6 Å². The zero-order valence-electron chi connectivity index (χ0n) is 18.4. The highest BCUT2D eigenvalue weighted by molar-refractivity contribution is 6.07. The highest BCUT2D eigenvalue weighted by atomic mass is 19.4. The fourth-order valence-corrected chi connectivity index (χ4v) is 4.02. The molecule has 3 aromatic rings. The van der Waals surface area contributed by atoms with E-state index in [1.807, 2.05) is 7.05 Å². The number of ether oxygens (including phenoxy) is 1. The predicted molar refractivity (Wildman–Crippen MR) is 113 cm³/mol. The Balaban J connectivity index is 1.62. The van der Waals surface area contributed by atoms with Crippen molar-refractivity contribution in [1.29, 1.82) is 0 Å². The van der Waals surface area contributed by atoms with Crippen LogP contribution in [0.2, 0.25) is 0 Å². The summed E-state index contributed by atoms with van der Waals surface area (Å²) in [5, 5.41) is 3.17. The first kappa shape index (κ1) is 23.9. The van der Waals surface area contributed by atoms with Crippen LogP contribution >= 0.6 is 0 Å². The SMILES string of the molecule is Cc1oc2ccc(OC(F)(F)c3cccnc3C(F)(F)F)cc2c1C(=O)NC1CCN(C)CC1. The third kappa shape index (κ3) is 4.84. The molecule has 0 bridgehead atoms. The molecule has 3 heterocycles. The van der Waals surface area contributed by atoms with Gasteiger partial charge in [0.15, 0.2) is 5.69 Å². The molecule has 34 heavy (non-hydrogen) atoms. The van der Waals surface area contributed by atoms with Gasteiger partial charge < -0.3 is 19.4 Å². The number of rotatable bonds is 5. The average molecular weight is 483 g/mol. The predicted octanol–water partition coefficient (Wildman–Crippen LogP) is 5.11. The highest BCUT2D eigenvalue weighted by Gasteiger charge is 2.46. The van der Waals surface area contributed by atoms with Crippen molar-refractivity contribution in [2.24, 2.45) is 0 Å². The van der Waals surface area contributed by atoms with E-state index in [4.69, 9.17) is 4.42 Å². The van der Waals surface area contributed by atoms with Gasteiger partial charge in [-0.3, -0.25) is 9.78 Å². The normalized spacial score (nSPS) is 16.1. The number of likely N-dealkylation sites (tertiary alicyclic amines) is 1. The number of alkyl halides is 5. The molecule has 0 unspecified atom stereocenters. The average Bonchev–Trinajstić information content (AvgIpc) is 3.09. The molecule has 2 aromatic heterocycles. The molecule has 11 heteroatoms. The Morgan fingerprint density at radius 2 is 1.88 bits per heavy atom. The van der Waals surface area contributed by atoms with Gasteiger partial charge in [0.25, 0.3) is 5.91 Å². The van der Waals surface area contributed by atoms with Gasteiger partial charge in [-0.1, -0.05) is 0 Å². The Labute approximate surface area is 191 Å². The maximum atomic E-state index is 14.8. The number of hydrogen-bond acceptors (Lipinski definition) is 5. The minimum absolute atomic E-state index is 0.0387. The van der Waals surface area contributed by atoms with Crippen LogP contribution in [0, 0.1) is 6.92 Å². The second-order valence-corrected chi connectivity index (χ2v) is 8.26. The third-order valence-corrected chi connectivity index (χ3v) is 5.75. The number of benzene rings is 1. The summed E-state index contributed by atoms with van der Waals surface area (Å²) >= 11 is 0. The smallest absolute Gasteiger partial charge is 0.433 e. The zero-order chi connectivity index (χ0) is 24.7. The summed E-state index contributed by atoms with van der Waals surface area (Å²) in [5.74, 6) is -0.555. The largest absolute Gasteiger partial charge is 0.461 e. The third-order valence-electron chi connectivity index (χ3n) is 5.75. The van der Waals surface area contributed by atoms with Gasteiger partial charge >= 0.3 is 12.3 Å². The van der Waals surface area contributed by atoms with Crippen molar-refractivity contribution in [1.82, 2.24) is 15.2 Å². The Morgan fingerprint density at radius 1 is 1.18 bits per heavy atom. The van der Waals surface area contributed by atoms with E-state index in [1.165, 1.54) is 6.07 Å². The van der Waals surface area contributed by atoms with E-state index in [2.05, 4.69) is 19.9 Å². The number of pyridine rings is 1. The van der Waals surface area contributed by atoms with E-state index in [9.17, 15) is 26.7 Å². The van der Waals surface area contributed by atoms with Crippen molar-refractivity contribution in [2.45, 2.75) is 38.1 Å². The molecule has 0 atom stereocenters. The monoisotopic (exact) mass is 483 g/mol. The number of nitrogens with one attached hydrogen (secondary N) is 1. The Hall–Kier alpha value is -3.21.